The quantitative estimate of drug-likeness (QED) is 0.911. The zero-order valence-electron chi connectivity index (χ0n) is 12.4. The van der Waals surface area contributed by atoms with Gasteiger partial charge in [-0.2, -0.15) is 0 Å². The first kappa shape index (κ1) is 14.3. The molecule has 2 aromatic rings. The summed E-state index contributed by atoms with van der Waals surface area (Å²) in [6.07, 6.45) is 0.175. The lowest BCUT2D eigenvalue weighted by Crippen LogP contribution is -2.26. The zero-order chi connectivity index (χ0) is 15.5. The summed E-state index contributed by atoms with van der Waals surface area (Å²) in [7, 11) is 0. The molecule has 2 N–H and O–H groups in total. The molecule has 0 radical (unpaired) electrons. The van der Waals surface area contributed by atoms with Gasteiger partial charge in [0, 0.05) is 18.7 Å². The van der Waals surface area contributed by atoms with Gasteiger partial charge in [-0.1, -0.05) is 48.0 Å². The number of carbonyl (C=O) groups excluding carboxylic acids is 2. The summed E-state index contributed by atoms with van der Waals surface area (Å²) in [6.45, 7) is 2.50. The maximum atomic E-state index is 12.1. The van der Waals surface area contributed by atoms with Crippen LogP contribution in [-0.4, -0.2) is 11.8 Å². The van der Waals surface area contributed by atoms with E-state index < -0.39 is 5.92 Å². The van der Waals surface area contributed by atoms with Crippen LogP contribution in [0.15, 0.2) is 48.5 Å². The van der Waals surface area contributed by atoms with Crippen LogP contribution in [0.5, 0.6) is 0 Å². The minimum atomic E-state index is -0.395. The maximum Gasteiger partial charge on any atom is 0.232 e. The molecule has 0 saturated heterocycles. The Morgan fingerprint density at radius 2 is 2.00 bits per heavy atom. The Morgan fingerprint density at radius 1 is 1.18 bits per heavy atom. The van der Waals surface area contributed by atoms with Crippen LogP contribution in [0.3, 0.4) is 0 Å². The summed E-state index contributed by atoms with van der Waals surface area (Å²) in [5.41, 5.74) is 3.93. The van der Waals surface area contributed by atoms with Crippen molar-refractivity contribution in [2.24, 2.45) is 0 Å². The molecule has 0 saturated carbocycles. The Hall–Kier alpha value is -2.62. The molecule has 1 aliphatic rings. The zero-order valence-corrected chi connectivity index (χ0v) is 12.4. The van der Waals surface area contributed by atoms with Gasteiger partial charge in [-0.05, 0) is 24.1 Å². The van der Waals surface area contributed by atoms with E-state index in [1.54, 1.807) is 0 Å². The molecule has 1 heterocycles. The lowest BCUT2D eigenvalue weighted by atomic mass is 9.97. The van der Waals surface area contributed by atoms with Crippen LogP contribution in [0.25, 0.3) is 0 Å². The van der Waals surface area contributed by atoms with E-state index in [-0.39, 0.29) is 18.2 Å². The van der Waals surface area contributed by atoms with E-state index in [9.17, 15) is 9.59 Å². The fraction of sp³-hybridized carbons (Fsp3) is 0.222. The molecule has 0 aromatic heterocycles. The molecule has 4 nitrogen and oxygen atoms in total. The Bertz CT molecular complexity index is 725. The van der Waals surface area contributed by atoms with Gasteiger partial charge in [0.15, 0.2) is 0 Å². The van der Waals surface area contributed by atoms with E-state index in [1.807, 2.05) is 55.5 Å². The molecule has 0 spiro atoms. The van der Waals surface area contributed by atoms with Gasteiger partial charge in [0.2, 0.25) is 11.8 Å². The highest BCUT2D eigenvalue weighted by Gasteiger charge is 2.31. The number of amides is 2. The predicted molar refractivity (Wildman–Crippen MR) is 85.5 cm³/mol. The van der Waals surface area contributed by atoms with Crippen LogP contribution in [0.4, 0.5) is 5.69 Å². The second-order valence-corrected chi connectivity index (χ2v) is 5.60. The molecule has 2 aromatic carbocycles. The number of benzene rings is 2. The summed E-state index contributed by atoms with van der Waals surface area (Å²) in [4.78, 5) is 24.1. The fourth-order valence-electron chi connectivity index (χ4n) is 2.76. The van der Waals surface area contributed by atoms with E-state index in [4.69, 9.17) is 0 Å². The third-order valence-corrected chi connectivity index (χ3v) is 3.87. The monoisotopic (exact) mass is 294 g/mol. The number of nitrogens with one attached hydrogen (secondary N) is 2. The Balaban J connectivity index is 1.61. The topological polar surface area (TPSA) is 58.2 Å². The van der Waals surface area contributed by atoms with Crippen LogP contribution in [0, 0.1) is 6.92 Å². The minimum Gasteiger partial charge on any atom is -0.352 e. The first-order chi connectivity index (χ1) is 10.6. The van der Waals surface area contributed by atoms with E-state index in [0.29, 0.717) is 6.54 Å². The predicted octanol–water partition coefficient (Wildman–Crippen LogP) is 2.74. The van der Waals surface area contributed by atoms with Gasteiger partial charge < -0.3 is 10.6 Å². The molecule has 1 unspecified atom stereocenters. The first-order valence-corrected chi connectivity index (χ1v) is 7.35. The number of hydrogen-bond acceptors (Lipinski definition) is 2. The number of fused-ring (bicyclic) bond motifs is 1. The van der Waals surface area contributed by atoms with Crippen LogP contribution in [0.2, 0.25) is 0 Å². The number of hydrogen-bond donors (Lipinski definition) is 2. The highest BCUT2D eigenvalue weighted by molar-refractivity contribution is 6.04. The summed E-state index contributed by atoms with van der Waals surface area (Å²) < 4.78 is 0. The molecular weight excluding hydrogens is 276 g/mol. The van der Waals surface area contributed by atoms with Gasteiger partial charge in [0.1, 0.15) is 0 Å². The van der Waals surface area contributed by atoms with Crippen LogP contribution in [0.1, 0.15) is 29.0 Å². The molecule has 4 heteroatoms. The molecule has 1 aliphatic heterocycles. The summed E-state index contributed by atoms with van der Waals surface area (Å²) in [6, 6.07) is 15.5. The molecule has 0 bridgehead atoms. The van der Waals surface area contributed by atoms with Crippen molar-refractivity contribution in [1.29, 1.82) is 0 Å². The summed E-state index contributed by atoms with van der Waals surface area (Å²) in [5, 5.41) is 5.70. The maximum absolute atomic E-state index is 12.1. The van der Waals surface area contributed by atoms with Crippen molar-refractivity contribution in [3.05, 3.63) is 65.2 Å². The largest absolute Gasteiger partial charge is 0.352 e. The van der Waals surface area contributed by atoms with Crippen molar-refractivity contribution in [2.75, 3.05) is 5.32 Å². The van der Waals surface area contributed by atoms with Crippen molar-refractivity contribution in [1.82, 2.24) is 5.32 Å². The van der Waals surface area contributed by atoms with Crippen molar-refractivity contribution in [3.63, 3.8) is 0 Å². The van der Waals surface area contributed by atoms with Crippen LogP contribution in [-0.2, 0) is 16.1 Å². The number of anilines is 1. The standard InChI is InChI=1S/C18H18N2O2/c1-12-5-4-6-13(9-12)11-19-17(21)10-15-14-7-2-3-8-16(14)20-18(15)22/h2-9,15H,10-11H2,1H3,(H,19,21)(H,20,22). The summed E-state index contributed by atoms with van der Waals surface area (Å²) >= 11 is 0. The minimum absolute atomic E-state index is 0.105. The normalized spacial score (nSPS) is 16.0. The average molecular weight is 294 g/mol. The molecular formula is C18H18N2O2. The Morgan fingerprint density at radius 3 is 2.82 bits per heavy atom. The van der Waals surface area contributed by atoms with Gasteiger partial charge in [0.25, 0.3) is 0 Å². The first-order valence-electron chi connectivity index (χ1n) is 7.35. The molecule has 112 valence electrons. The van der Waals surface area contributed by atoms with Crippen LogP contribution < -0.4 is 10.6 Å². The molecule has 3 rings (SSSR count). The Labute approximate surface area is 129 Å². The third-order valence-electron chi connectivity index (χ3n) is 3.87. The SMILES string of the molecule is Cc1cccc(CNC(=O)CC2C(=O)Nc3ccccc32)c1. The van der Waals surface area contributed by atoms with E-state index in [2.05, 4.69) is 10.6 Å². The van der Waals surface area contributed by atoms with Gasteiger partial charge in [-0.3, -0.25) is 9.59 Å². The lowest BCUT2D eigenvalue weighted by Gasteiger charge is -2.10. The Kier molecular flexibility index (Phi) is 3.92. The molecule has 22 heavy (non-hydrogen) atoms. The second kappa shape index (κ2) is 6.02. The second-order valence-electron chi connectivity index (χ2n) is 5.60. The number of para-hydroxylation sites is 1. The van der Waals surface area contributed by atoms with Crippen molar-refractivity contribution < 1.29 is 9.59 Å². The van der Waals surface area contributed by atoms with Crippen molar-refractivity contribution >= 4 is 17.5 Å². The number of rotatable bonds is 4. The number of aryl methyl sites for hydroxylation is 1. The van der Waals surface area contributed by atoms with E-state index in [0.717, 1.165) is 22.4 Å². The van der Waals surface area contributed by atoms with Gasteiger partial charge in [-0.15, -0.1) is 0 Å². The highest BCUT2D eigenvalue weighted by Crippen LogP contribution is 2.34. The molecule has 0 fully saturated rings. The highest BCUT2D eigenvalue weighted by atomic mass is 16.2. The third kappa shape index (κ3) is 3.01. The van der Waals surface area contributed by atoms with E-state index >= 15 is 0 Å². The average Bonchev–Trinajstić information content (AvgIpc) is 2.81. The summed E-state index contributed by atoms with van der Waals surface area (Å²) in [5.74, 6) is -0.612. The van der Waals surface area contributed by atoms with E-state index in [1.165, 1.54) is 0 Å². The molecule has 2 amide bonds. The smallest absolute Gasteiger partial charge is 0.232 e. The van der Waals surface area contributed by atoms with Crippen LogP contribution >= 0.6 is 0 Å². The number of carbonyl (C=O) groups is 2. The van der Waals surface area contributed by atoms with Crippen molar-refractivity contribution in [2.45, 2.75) is 25.8 Å². The van der Waals surface area contributed by atoms with Gasteiger partial charge in [0.05, 0.1) is 5.92 Å². The molecule has 0 aliphatic carbocycles. The van der Waals surface area contributed by atoms with Gasteiger partial charge in [-0.25, -0.2) is 0 Å². The molecule has 1 atom stereocenters. The van der Waals surface area contributed by atoms with Crippen molar-refractivity contribution in [3.8, 4) is 0 Å². The van der Waals surface area contributed by atoms with Gasteiger partial charge >= 0.3 is 0 Å². The fourth-order valence-corrected chi connectivity index (χ4v) is 2.76. The lowest BCUT2D eigenvalue weighted by molar-refractivity contribution is -0.125.